The summed E-state index contributed by atoms with van der Waals surface area (Å²) in [6.07, 6.45) is 2.82. The minimum atomic E-state index is -1.05. The van der Waals surface area contributed by atoms with E-state index in [0.717, 1.165) is 25.9 Å². The number of hydrogen-bond acceptors (Lipinski definition) is 2. The molecule has 1 aliphatic heterocycles. The molecule has 16 heavy (non-hydrogen) atoms. The molecule has 0 unspecified atom stereocenters. The number of alkyl halides is 1. The molecule has 0 aromatic rings. The van der Waals surface area contributed by atoms with Crippen molar-refractivity contribution in [3.8, 4) is 0 Å². The summed E-state index contributed by atoms with van der Waals surface area (Å²) >= 11 is 0. The van der Waals surface area contributed by atoms with Gasteiger partial charge in [0.1, 0.15) is 5.67 Å². The van der Waals surface area contributed by atoms with E-state index < -0.39 is 5.67 Å². The zero-order valence-electron chi connectivity index (χ0n) is 10.1. The van der Waals surface area contributed by atoms with Gasteiger partial charge >= 0.3 is 0 Å². The van der Waals surface area contributed by atoms with Crippen LogP contribution in [0.3, 0.4) is 0 Å². The number of carbonyl (C=O) groups is 1. The molecule has 1 amide bonds. The molecule has 4 heteroatoms. The molecule has 2 fully saturated rings. The molecule has 2 rings (SSSR count). The Morgan fingerprint density at radius 1 is 1.38 bits per heavy atom. The van der Waals surface area contributed by atoms with E-state index in [0.29, 0.717) is 12.8 Å². The number of piperidine rings is 1. The van der Waals surface area contributed by atoms with E-state index in [9.17, 15) is 9.18 Å². The van der Waals surface area contributed by atoms with Crippen molar-refractivity contribution in [3.05, 3.63) is 0 Å². The fourth-order valence-electron chi connectivity index (χ4n) is 2.66. The first-order valence-corrected chi connectivity index (χ1v) is 6.14. The summed E-state index contributed by atoms with van der Waals surface area (Å²) in [6.45, 7) is 3.58. The molecule has 0 bridgehead atoms. The summed E-state index contributed by atoms with van der Waals surface area (Å²) < 4.78 is 13.2. The van der Waals surface area contributed by atoms with Crippen LogP contribution in [-0.4, -0.2) is 42.7 Å². The van der Waals surface area contributed by atoms with Gasteiger partial charge in [-0.3, -0.25) is 4.79 Å². The molecule has 1 heterocycles. The number of hydrogen-bond donors (Lipinski definition) is 1. The number of amides is 1. The topological polar surface area (TPSA) is 32.3 Å². The second-order valence-electron chi connectivity index (χ2n) is 5.60. The average Bonchev–Trinajstić information content (AvgIpc) is 2.15. The Morgan fingerprint density at radius 2 is 1.94 bits per heavy atom. The monoisotopic (exact) mass is 228 g/mol. The van der Waals surface area contributed by atoms with Gasteiger partial charge in [-0.15, -0.1) is 0 Å². The maximum absolute atomic E-state index is 13.2. The van der Waals surface area contributed by atoms with E-state index >= 15 is 0 Å². The highest BCUT2D eigenvalue weighted by atomic mass is 19.1. The fourth-order valence-corrected chi connectivity index (χ4v) is 2.66. The predicted molar refractivity (Wildman–Crippen MR) is 60.9 cm³/mol. The zero-order chi connectivity index (χ0) is 11.8. The van der Waals surface area contributed by atoms with Crippen LogP contribution < -0.4 is 5.32 Å². The van der Waals surface area contributed by atoms with Gasteiger partial charge < -0.3 is 10.2 Å². The summed E-state index contributed by atoms with van der Waals surface area (Å²) in [5, 5.41) is 2.96. The molecule has 1 saturated carbocycles. The Kier molecular flexibility index (Phi) is 3.19. The quantitative estimate of drug-likeness (QED) is 0.773. The SMILES string of the molecule is CN1CCC(C(=O)NC2CC(C)(F)C2)CC1. The largest absolute Gasteiger partial charge is 0.353 e. The van der Waals surface area contributed by atoms with Crippen LogP contribution in [0.15, 0.2) is 0 Å². The molecule has 0 spiro atoms. The molecule has 1 saturated heterocycles. The third kappa shape index (κ3) is 2.73. The van der Waals surface area contributed by atoms with Crippen LogP contribution in [0, 0.1) is 5.92 Å². The minimum absolute atomic E-state index is 0.0714. The Balaban J connectivity index is 1.72. The molecule has 3 nitrogen and oxygen atoms in total. The van der Waals surface area contributed by atoms with Crippen molar-refractivity contribution >= 4 is 5.91 Å². The Bertz CT molecular complexity index is 264. The highest BCUT2D eigenvalue weighted by Crippen LogP contribution is 2.35. The number of halogens is 1. The van der Waals surface area contributed by atoms with Crippen LogP contribution in [0.5, 0.6) is 0 Å². The lowest BCUT2D eigenvalue weighted by molar-refractivity contribution is -0.128. The molecular formula is C12H21FN2O. The minimum Gasteiger partial charge on any atom is -0.353 e. The van der Waals surface area contributed by atoms with E-state index in [1.807, 2.05) is 0 Å². The Labute approximate surface area is 96.4 Å². The first-order chi connectivity index (χ1) is 7.46. The molecule has 0 radical (unpaired) electrons. The van der Waals surface area contributed by atoms with Crippen molar-refractivity contribution in [1.29, 1.82) is 0 Å². The van der Waals surface area contributed by atoms with Gasteiger partial charge in [-0.1, -0.05) is 0 Å². The fraction of sp³-hybridized carbons (Fsp3) is 0.917. The van der Waals surface area contributed by atoms with Gasteiger partial charge in [0, 0.05) is 24.8 Å². The van der Waals surface area contributed by atoms with Crippen molar-refractivity contribution in [2.45, 2.75) is 44.3 Å². The molecule has 0 atom stereocenters. The first-order valence-electron chi connectivity index (χ1n) is 6.14. The Morgan fingerprint density at radius 3 is 2.44 bits per heavy atom. The predicted octanol–water partition coefficient (Wildman–Crippen LogP) is 1.33. The highest BCUT2D eigenvalue weighted by Gasteiger charge is 2.41. The number of nitrogens with one attached hydrogen (secondary N) is 1. The summed E-state index contributed by atoms with van der Waals surface area (Å²) in [6, 6.07) is 0.0714. The van der Waals surface area contributed by atoms with Crippen molar-refractivity contribution in [2.24, 2.45) is 5.92 Å². The normalized spacial score (nSPS) is 36.8. The van der Waals surface area contributed by atoms with Crippen molar-refractivity contribution in [1.82, 2.24) is 10.2 Å². The zero-order valence-corrected chi connectivity index (χ0v) is 10.1. The van der Waals surface area contributed by atoms with Gasteiger partial charge in [-0.2, -0.15) is 0 Å². The number of likely N-dealkylation sites (tertiary alicyclic amines) is 1. The van der Waals surface area contributed by atoms with E-state index in [1.54, 1.807) is 6.92 Å². The van der Waals surface area contributed by atoms with Crippen molar-refractivity contribution in [2.75, 3.05) is 20.1 Å². The smallest absolute Gasteiger partial charge is 0.223 e. The Hall–Kier alpha value is -0.640. The van der Waals surface area contributed by atoms with Crippen molar-refractivity contribution in [3.63, 3.8) is 0 Å². The van der Waals surface area contributed by atoms with Gasteiger partial charge in [0.2, 0.25) is 5.91 Å². The summed E-state index contributed by atoms with van der Waals surface area (Å²) in [5.41, 5.74) is -1.05. The van der Waals surface area contributed by atoms with Gasteiger partial charge in [0.15, 0.2) is 0 Å². The molecule has 1 N–H and O–H groups in total. The van der Waals surface area contributed by atoms with Crippen LogP contribution in [0.25, 0.3) is 0 Å². The van der Waals surface area contributed by atoms with Crippen LogP contribution in [-0.2, 0) is 4.79 Å². The lowest BCUT2D eigenvalue weighted by Crippen LogP contribution is -2.53. The average molecular weight is 228 g/mol. The maximum Gasteiger partial charge on any atom is 0.223 e. The molecular weight excluding hydrogens is 207 g/mol. The summed E-state index contributed by atoms with van der Waals surface area (Å²) in [5.74, 6) is 0.274. The number of nitrogens with zero attached hydrogens (tertiary/aromatic N) is 1. The highest BCUT2D eigenvalue weighted by molar-refractivity contribution is 5.79. The van der Waals surface area contributed by atoms with Crippen LogP contribution in [0.2, 0.25) is 0 Å². The second-order valence-corrected chi connectivity index (χ2v) is 5.60. The van der Waals surface area contributed by atoms with Gasteiger partial charge in [0.05, 0.1) is 0 Å². The first kappa shape index (κ1) is 11.8. The number of rotatable bonds is 2. The van der Waals surface area contributed by atoms with Crippen LogP contribution in [0.1, 0.15) is 32.6 Å². The third-order valence-corrected chi connectivity index (χ3v) is 3.78. The van der Waals surface area contributed by atoms with E-state index in [-0.39, 0.29) is 17.9 Å². The maximum atomic E-state index is 13.2. The third-order valence-electron chi connectivity index (χ3n) is 3.78. The summed E-state index contributed by atoms with van der Waals surface area (Å²) in [7, 11) is 2.08. The van der Waals surface area contributed by atoms with Gasteiger partial charge in [0.25, 0.3) is 0 Å². The molecule has 0 aromatic carbocycles. The van der Waals surface area contributed by atoms with Crippen molar-refractivity contribution < 1.29 is 9.18 Å². The van der Waals surface area contributed by atoms with E-state index in [4.69, 9.17) is 0 Å². The molecule has 2 aliphatic rings. The van der Waals surface area contributed by atoms with E-state index in [2.05, 4.69) is 17.3 Å². The van der Waals surface area contributed by atoms with Crippen LogP contribution in [0.4, 0.5) is 4.39 Å². The standard InChI is InChI=1S/C12H21FN2O/c1-12(13)7-10(8-12)14-11(16)9-3-5-15(2)6-4-9/h9-10H,3-8H2,1-2H3,(H,14,16). The molecule has 1 aliphatic carbocycles. The molecule has 0 aromatic heterocycles. The van der Waals surface area contributed by atoms with Gasteiger partial charge in [-0.05, 0) is 39.9 Å². The second kappa shape index (κ2) is 4.32. The van der Waals surface area contributed by atoms with Gasteiger partial charge in [-0.25, -0.2) is 4.39 Å². The van der Waals surface area contributed by atoms with Crippen LogP contribution >= 0.6 is 0 Å². The molecule has 92 valence electrons. The lowest BCUT2D eigenvalue weighted by atomic mass is 9.78. The van der Waals surface area contributed by atoms with E-state index in [1.165, 1.54) is 0 Å². The number of carbonyl (C=O) groups excluding carboxylic acids is 1. The lowest BCUT2D eigenvalue weighted by Gasteiger charge is -2.40. The summed E-state index contributed by atoms with van der Waals surface area (Å²) in [4.78, 5) is 14.1.